The van der Waals surface area contributed by atoms with Gasteiger partial charge in [0.2, 0.25) is 5.91 Å². The van der Waals surface area contributed by atoms with Crippen LogP contribution in [0.15, 0.2) is 47.4 Å². The van der Waals surface area contributed by atoms with E-state index >= 15 is 0 Å². The number of carbonyl (C=O) groups excluding carboxylic acids is 1. The van der Waals surface area contributed by atoms with Crippen molar-refractivity contribution in [3.63, 3.8) is 0 Å². The fourth-order valence-electron chi connectivity index (χ4n) is 3.18. The van der Waals surface area contributed by atoms with E-state index in [0.29, 0.717) is 23.1 Å². The van der Waals surface area contributed by atoms with Gasteiger partial charge >= 0.3 is 0 Å². The van der Waals surface area contributed by atoms with Crippen LogP contribution in [0.5, 0.6) is 0 Å². The van der Waals surface area contributed by atoms with E-state index in [0.717, 1.165) is 43.3 Å². The van der Waals surface area contributed by atoms with E-state index in [4.69, 9.17) is 0 Å². The molecule has 0 atom stereocenters. The van der Waals surface area contributed by atoms with E-state index in [9.17, 15) is 9.59 Å². The first-order valence-corrected chi connectivity index (χ1v) is 9.54. The average molecular weight is 368 g/mol. The first kappa shape index (κ1) is 16.9. The van der Waals surface area contributed by atoms with Crippen LogP contribution in [0, 0.1) is 0 Å². The van der Waals surface area contributed by atoms with E-state index in [-0.39, 0.29) is 11.5 Å². The van der Waals surface area contributed by atoms with Crippen LogP contribution in [-0.4, -0.2) is 41.0 Å². The maximum atomic E-state index is 12.5. The third kappa shape index (κ3) is 3.40. The fourth-order valence-corrected chi connectivity index (χ4v) is 4.09. The van der Waals surface area contributed by atoms with Crippen molar-refractivity contribution in [3.05, 3.63) is 58.5 Å². The smallest absolute Gasteiger partial charge is 0.277 e. The standard InChI is InChI=1S/C19H20N4O2S/c24-17(23-19(25)16-2-1-9-21-18(16)26-23)8-5-14-3-6-15(7-4-14)22-12-10-20-11-13-22/h1-4,6-7,9,20H,5,8,10-13H2. The molecular weight excluding hydrogens is 348 g/mol. The van der Waals surface area contributed by atoms with Gasteiger partial charge in [0.05, 0.1) is 5.39 Å². The fraction of sp³-hybridized carbons (Fsp3) is 0.316. The van der Waals surface area contributed by atoms with Crippen molar-refractivity contribution in [3.8, 4) is 0 Å². The Morgan fingerprint density at radius 2 is 1.92 bits per heavy atom. The summed E-state index contributed by atoms with van der Waals surface area (Å²) in [5.41, 5.74) is 2.05. The van der Waals surface area contributed by atoms with Crippen molar-refractivity contribution in [1.82, 2.24) is 14.3 Å². The summed E-state index contributed by atoms with van der Waals surface area (Å²) in [6.07, 6.45) is 2.56. The van der Waals surface area contributed by atoms with E-state index < -0.39 is 0 Å². The molecule has 1 saturated heterocycles. The molecule has 1 N–H and O–H groups in total. The Morgan fingerprint density at radius 1 is 1.15 bits per heavy atom. The monoisotopic (exact) mass is 368 g/mol. The molecule has 134 valence electrons. The zero-order valence-corrected chi connectivity index (χ0v) is 15.2. The molecule has 0 spiro atoms. The van der Waals surface area contributed by atoms with Gasteiger partial charge < -0.3 is 10.2 Å². The van der Waals surface area contributed by atoms with Crippen LogP contribution in [-0.2, 0) is 6.42 Å². The van der Waals surface area contributed by atoms with Gasteiger partial charge in [-0.15, -0.1) is 0 Å². The van der Waals surface area contributed by atoms with Gasteiger partial charge in [0, 0.05) is 44.5 Å². The highest BCUT2D eigenvalue weighted by atomic mass is 32.1. The summed E-state index contributed by atoms with van der Waals surface area (Å²) in [7, 11) is 0. The van der Waals surface area contributed by atoms with Crippen LogP contribution >= 0.6 is 11.5 Å². The van der Waals surface area contributed by atoms with Crippen LogP contribution in [0.25, 0.3) is 10.2 Å². The summed E-state index contributed by atoms with van der Waals surface area (Å²) >= 11 is 1.12. The molecule has 1 aliphatic rings. The SMILES string of the molecule is O=C(CCc1ccc(N2CCNCC2)cc1)n1sc2ncccc2c1=O. The maximum absolute atomic E-state index is 12.5. The second-order valence-corrected chi connectivity index (χ2v) is 7.28. The summed E-state index contributed by atoms with van der Waals surface area (Å²) in [5, 5.41) is 3.85. The second kappa shape index (κ2) is 7.39. The van der Waals surface area contributed by atoms with Crippen molar-refractivity contribution in [2.75, 3.05) is 31.1 Å². The van der Waals surface area contributed by atoms with E-state index in [1.54, 1.807) is 18.3 Å². The molecule has 0 aliphatic carbocycles. The largest absolute Gasteiger partial charge is 0.369 e. The van der Waals surface area contributed by atoms with Crippen molar-refractivity contribution >= 4 is 33.3 Å². The minimum atomic E-state index is -0.267. The molecule has 1 fully saturated rings. The molecule has 1 aliphatic heterocycles. The Balaban J connectivity index is 1.42. The first-order chi connectivity index (χ1) is 12.7. The lowest BCUT2D eigenvalue weighted by Crippen LogP contribution is -2.43. The summed E-state index contributed by atoms with van der Waals surface area (Å²) in [4.78, 5) is 31.9. The number of benzene rings is 1. The predicted octanol–water partition coefficient (Wildman–Crippen LogP) is 2.14. The number of aromatic nitrogens is 2. The van der Waals surface area contributed by atoms with E-state index in [1.807, 2.05) is 0 Å². The first-order valence-electron chi connectivity index (χ1n) is 8.77. The molecule has 6 nitrogen and oxygen atoms in total. The molecule has 4 rings (SSSR count). The Hall–Kier alpha value is -2.51. The summed E-state index contributed by atoms with van der Waals surface area (Å²) in [6, 6.07) is 11.8. The molecule has 0 amide bonds. The van der Waals surface area contributed by atoms with Gasteiger partial charge in [0.25, 0.3) is 5.56 Å². The average Bonchev–Trinajstić information content (AvgIpc) is 3.04. The molecule has 0 bridgehead atoms. The number of carbonyl (C=O) groups is 1. The Kier molecular flexibility index (Phi) is 4.81. The third-order valence-electron chi connectivity index (χ3n) is 4.64. The van der Waals surface area contributed by atoms with Crippen molar-refractivity contribution in [1.29, 1.82) is 0 Å². The molecular formula is C19H20N4O2S. The van der Waals surface area contributed by atoms with Crippen LogP contribution in [0.2, 0.25) is 0 Å². The van der Waals surface area contributed by atoms with Crippen LogP contribution in [0.3, 0.4) is 0 Å². The molecule has 0 radical (unpaired) electrons. The van der Waals surface area contributed by atoms with E-state index in [1.165, 1.54) is 9.64 Å². The lowest BCUT2D eigenvalue weighted by atomic mass is 10.1. The lowest BCUT2D eigenvalue weighted by Gasteiger charge is -2.29. The van der Waals surface area contributed by atoms with Crippen LogP contribution < -0.4 is 15.8 Å². The Labute approximate surface area is 155 Å². The highest BCUT2D eigenvalue weighted by Crippen LogP contribution is 2.18. The van der Waals surface area contributed by atoms with Gasteiger partial charge in [-0.25, -0.2) is 4.98 Å². The third-order valence-corrected chi connectivity index (χ3v) is 5.69. The minimum Gasteiger partial charge on any atom is -0.369 e. The number of rotatable bonds is 4. The van der Waals surface area contributed by atoms with Crippen LogP contribution in [0.1, 0.15) is 16.8 Å². The zero-order valence-electron chi connectivity index (χ0n) is 14.4. The molecule has 26 heavy (non-hydrogen) atoms. The van der Waals surface area contributed by atoms with Crippen molar-refractivity contribution in [2.45, 2.75) is 12.8 Å². The van der Waals surface area contributed by atoms with Crippen LogP contribution in [0.4, 0.5) is 5.69 Å². The normalized spacial score (nSPS) is 14.7. The zero-order chi connectivity index (χ0) is 17.9. The van der Waals surface area contributed by atoms with Gasteiger partial charge in [0.1, 0.15) is 4.83 Å². The maximum Gasteiger partial charge on any atom is 0.277 e. The van der Waals surface area contributed by atoms with Gasteiger partial charge in [-0.2, -0.15) is 3.96 Å². The second-order valence-electron chi connectivity index (χ2n) is 6.34. The lowest BCUT2D eigenvalue weighted by molar-refractivity contribution is 0.0912. The number of nitrogens with one attached hydrogen (secondary N) is 1. The highest BCUT2D eigenvalue weighted by molar-refractivity contribution is 7.14. The van der Waals surface area contributed by atoms with E-state index in [2.05, 4.69) is 39.5 Å². The number of nitrogens with zero attached hydrogens (tertiary/aromatic N) is 3. The number of aryl methyl sites for hydroxylation is 1. The quantitative estimate of drug-likeness (QED) is 0.764. The number of hydrogen-bond acceptors (Lipinski definition) is 6. The Morgan fingerprint density at radius 3 is 2.65 bits per heavy atom. The van der Waals surface area contributed by atoms with Gasteiger partial charge in [-0.05, 0) is 47.8 Å². The summed E-state index contributed by atoms with van der Waals surface area (Å²) < 4.78 is 1.23. The summed E-state index contributed by atoms with van der Waals surface area (Å²) in [6.45, 7) is 4.05. The molecule has 2 aromatic heterocycles. The predicted molar refractivity (Wildman–Crippen MR) is 104 cm³/mol. The number of hydrogen-bond donors (Lipinski definition) is 1. The molecule has 1 aromatic carbocycles. The van der Waals surface area contributed by atoms with Gasteiger partial charge in [-0.3, -0.25) is 9.59 Å². The van der Waals surface area contributed by atoms with Crippen molar-refractivity contribution < 1.29 is 4.79 Å². The molecule has 3 aromatic rings. The Bertz CT molecular complexity index is 971. The van der Waals surface area contributed by atoms with Gasteiger partial charge in [0.15, 0.2) is 0 Å². The molecule has 7 heteroatoms. The molecule has 0 saturated carbocycles. The minimum absolute atomic E-state index is 0.177. The molecule has 0 unspecified atom stereocenters. The number of pyridine rings is 1. The number of piperazine rings is 1. The van der Waals surface area contributed by atoms with Crippen molar-refractivity contribution in [2.24, 2.45) is 0 Å². The highest BCUT2D eigenvalue weighted by Gasteiger charge is 2.15. The topological polar surface area (TPSA) is 67.2 Å². The van der Waals surface area contributed by atoms with Gasteiger partial charge in [-0.1, -0.05) is 12.1 Å². The molecule has 3 heterocycles. The summed E-state index contributed by atoms with van der Waals surface area (Å²) in [5.74, 6) is -0.177. The number of fused-ring (bicyclic) bond motifs is 1. The number of anilines is 1.